The van der Waals surface area contributed by atoms with Crippen molar-refractivity contribution in [3.63, 3.8) is 0 Å². The first-order chi connectivity index (χ1) is 9.47. The van der Waals surface area contributed by atoms with Crippen molar-refractivity contribution >= 4 is 29.2 Å². The van der Waals surface area contributed by atoms with E-state index in [-0.39, 0.29) is 5.57 Å². The van der Waals surface area contributed by atoms with E-state index in [1.54, 1.807) is 19.1 Å². The molecular weight excluding hydrogens is 280 g/mol. The van der Waals surface area contributed by atoms with E-state index in [0.29, 0.717) is 5.70 Å². The zero-order valence-corrected chi connectivity index (χ0v) is 12.1. The van der Waals surface area contributed by atoms with Crippen molar-refractivity contribution in [1.29, 1.82) is 0 Å². The molecule has 0 saturated carbocycles. The van der Waals surface area contributed by atoms with E-state index in [9.17, 15) is 14.4 Å². The first-order valence-electron chi connectivity index (χ1n) is 5.90. The number of amides is 3. The average Bonchev–Trinajstić information content (AvgIpc) is 2.90. The third-order valence-electron chi connectivity index (χ3n) is 3.01. The standard InChI is InChI=1S/C13H14N2O4S/c1-7-10(12(17)19-3)11(9-5-4-6-20-9)15(8(2)16)13(18)14-7/h4-6,11H,1-3H3,(H,14,18)/t11-/m1/s1. The minimum atomic E-state index is -0.742. The van der Waals surface area contributed by atoms with Crippen LogP contribution < -0.4 is 5.32 Å². The summed E-state index contributed by atoms with van der Waals surface area (Å²) < 4.78 is 4.77. The molecule has 20 heavy (non-hydrogen) atoms. The van der Waals surface area contributed by atoms with E-state index in [1.807, 2.05) is 5.38 Å². The number of thiophene rings is 1. The molecule has 1 N–H and O–H groups in total. The number of hydrogen-bond donors (Lipinski definition) is 1. The van der Waals surface area contributed by atoms with Gasteiger partial charge in [-0.05, 0) is 18.4 Å². The molecule has 0 aliphatic carbocycles. The molecule has 1 aromatic heterocycles. The first-order valence-corrected chi connectivity index (χ1v) is 6.78. The normalized spacial score (nSPS) is 18.9. The van der Waals surface area contributed by atoms with Crippen LogP contribution >= 0.6 is 11.3 Å². The highest BCUT2D eigenvalue weighted by atomic mass is 32.1. The summed E-state index contributed by atoms with van der Waals surface area (Å²) in [6.07, 6.45) is 0. The van der Waals surface area contributed by atoms with Crippen LogP contribution in [0.25, 0.3) is 0 Å². The molecule has 1 atom stereocenters. The molecule has 1 aliphatic heterocycles. The number of carbonyl (C=O) groups is 3. The average molecular weight is 294 g/mol. The van der Waals surface area contributed by atoms with Crippen molar-refractivity contribution in [2.24, 2.45) is 0 Å². The van der Waals surface area contributed by atoms with Crippen LogP contribution in [0.15, 0.2) is 28.8 Å². The van der Waals surface area contributed by atoms with Crippen LogP contribution in [-0.2, 0) is 14.3 Å². The Morgan fingerprint density at radius 1 is 1.45 bits per heavy atom. The highest BCUT2D eigenvalue weighted by Gasteiger charge is 2.40. The second-order valence-corrected chi connectivity index (χ2v) is 5.25. The number of rotatable bonds is 2. The number of ether oxygens (including phenoxy) is 1. The molecule has 7 heteroatoms. The Morgan fingerprint density at radius 2 is 2.15 bits per heavy atom. The van der Waals surface area contributed by atoms with Crippen LogP contribution in [-0.4, -0.2) is 29.9 Å². The summed E-state index contributed by atoms with van der Waals surface area (Å²) in [5.41, 5.74) is 0.669. The SMILES string of the molecule is COC(=O)C1=C(C)NC(=O)N(C(C)=O)[C@@H]1c1cccs1. The predicted octanol–water partition coefficient (Wildman–Crippen LogP) is 1.81. The first kappa shape index (κ1) is 14.3. The Morgan fingerprint density at radius 3 is 2.65 bits per heavy atom. The molecule has 2 rings (SSSR count). The molecule has 3 amide bonds. The van der Waals surface area contributed by atoms with Gasteiger partial charge < -0.3 is 10.1 Å². The molecule has 106 valence electrons. The molecule has 0 bridgehead atoms. The summed E-state index contributed by atoms with van der Waals surface area (Å²) in [7, 11) is 1.27. The van der Waals surface area contributed by atoms with Crippen molar-refractivity contribution in [2.75, 3.05) is 7.11 Å². The quantitative estimate of drug-likeness (QED) is 0.844. The Kier molecular flexibility index (Phi) is 3.89. The maximum absolute atomic E-state index is 12.0. The lowest BCUT2D eigenvalue weighted by atomic mass is 9.99. The fourth-order valence-corrected chi connectivity index (χ4v) is 2.98. The van der Waals surface area contributed by atoms with Gasteiger partial charge >= 0.3 is 12.0 Å². The van der Waals surface area contributed by atoms with Gasteiger partial charge in [-0.15, -0.1) is 11.3 Å². The minimum absolute atomic E-state index is 0.268. The predicted molar refractivity (Wildman–Crippen MR) is 72.8 cm³/mol. The third kappa shape index (κ3) is 2.32. The molecule has 1 aromatic rings. The zero-order chi connectivity index (χ0) is 14.9. The lowest BCUT2D eigenvalue weighted by Crippen LogP contribution is -2.50. The second-order valence-electron chi connectivity index (χ2n) is 4.27. The molecule has 0 spiro atoms. The number of carbonyl (C=O) groups excluding carboxylic acids is 3. The number of nitrogens with zero attached hydrogens (tertiary/aromatic N) is 1. The third-order valence-corrected chi connectivity index (χ3v) is 3.93. The second kappa shape index (κ2) is 5.46. The van der Waals surface area contributed by atoms with Crippen LogP contribution in [0.1, 0.15) is 24.8 Å². The molecule has 0 radical (unpaired) electrons. The van der Waals surface area contributed by atoms with Gasteiger partial charge in [0.05, 0.1) is 12.7 Å². The molecule has 2 heterocycles. The van der Waals surface area contributed by atoms with Gasteiger partial charge in [0.15, 0.2) is 0 Å². The summed E-state index contributed by atoms with van der Waals surface area (Å²) in [4.78, 5) is 37.6. The van der Waals surface area contributed by atoms with Crippen molar-refractivity contribution in [1.82, 2.24) is 10.2 Å². The van der Waals surface area contributed by atoms with Crippen molar-refractivity contribution < 1.29 is 19.1 Å². The van der Waals surface area contributed by atoms with E-state index >= 15 is 0 Å². The minimum Gasteiger partial charge on any atom is -0.466 e. The van der Waals surface area contributed by atoms with Gasteiger partial charge in [-0.3, -0.25) is 9.69 Å². The van der Waals surface area contributed by atoms with E-state index in [0.717, 1.165) is 9.78 Å². The van der Waals surface area contributed by atoms with Gasteiger partial charge in [-0.1, -0.05) is 6.07 Å². The lowest BCUT2D eigenvalue weighted by Gasteiger charge is -2.34. The van der Waals surface area contributed by atoms with Gasteiger partial charge in [0.25, 0.3) is 0 Å². The van der Waals surface area contributed by atoms with Gasteiger partial charge in [0.1, 0.15) is 6.04 Å². The van der Waals surface area contributed by atoms with Crippen LogP contribution in [0.5, 0.6) is 0 Å². The number of imide groups is 1. The number of methoxy groups -OCH3 is 1. The topological polar surface area (TPSA) is 75.7 Å². The molecule has 0 fully saturated rings. The highest BCUT2D eigenvalue weighted by molar-refractivity contribution is 7.10. The molecular formula is C13H14N2O4S. The number of urea groups is 1. The monoisotopic (exact) mass is 294 g/mol. The lowest BCUT2D eigenvalue weighted by molar-refractivity contribution is -0.137. The molecule has 0 saturated heterocycles. The molecule has 0 aromatic carbocycles. The van der Waals surface area contributed by atoms with Crippen LogP contribution in [0.3, 0.4) is 0 Å². The summed E-state index contributed by atoms with van der Waals surface area (Å²) in [5.74, 6) is -0.998. The Labute approximate surface area is 120 Å². The van der Waals surface area contributed by atoms with Gasteiger partial charge in [-0.25, -0.2) is 9.59 Å². The molecule has 1 aliphatic rings. The van der Waals surface area contributed by atoms with Crippen molar-refractivity contribution in [3.8, 4) is 0 Å². The summed E-state index contributed by atoms with van der Waals surface area (Å²) in [6, 6.07) is 2.30. The summed E-state index contributed by atoms with van der Waals surface area (Å²) in [6.45, 7) is 2.90. The molecule has 6 nitrogen and oxygen atoms in total. The largest absolute Gasteiger partial charge is 0.466 e. The van der Waals surface area contributed by atoms with Gasteiger partial charge in [0, 0.05) is 17.5 Å². The maximum atomic E-state index is 12.0. The van der Waals surface area contributed by atoms with Crippen molar-refractivity contribution in [3.05, 3.63) is 33.7 Å². The number of esters is 1. The summed E-state index contributed by atoms with van der Waals surface area (Å²) >= 11 is 1.37. The number of nitrogens with one attached hydrogen (secondary N) is 1. The fraction of sp³-hybridized carbons (Fsp3) is 0.308. The zero-order valence-electron chi connectivity index (χ0n) is 11.3. The van der Waals surface area contributed by atoms with Crippen LogP contribution in [0.2, 0.25) is 0 Å². The van der Waals surface area contributed by atoms with Crippen molar-refractivity contribution in [2.45, 2.75) is 19.9 Å². The van der Waals surface area contributed by atoms with E-state index in [4.69, 9.17) is 4.74 Å². The highest BCUT2D eigenvalue weighted by Crippen LogP contribution is 2.36. The van der Waals surface area contributed by atoms with Gasteiger partial charge in [-0.2, -0.15) is 0 Å². The maximum Gasteiger partial charge on any atom is 0.338 e. The molecule has 0 unspecified atom stereocenters. The fourth-order valence-electron chi connectivity index (χ4n) is 2.16. The Bertz CT molecular complexity index is 592. The van der Waals surface area contributed by atoms with Crippen LogP contribution in [0.4, 0.5) is 4.79 Å². The van der Waals surface area contributed by atoms with E-state index in [1.165, 1.54) is 25.4 Å². The Balaban J connectivity index is 2.61. The van der Waals surface area contributed by atoms with Gasteiger partial charge in [0.2, 0.25) is 5.91 Å². The van der Waals surface area contributed by atoms with E-state index in [2.05, 4.69) is 5.32 Å². The van der Waals surface area contributed by atoms with E-state index < -0.39 is 23.9 Å². The smallest absolute Gasteiger partial charge is 0.338 e. The number of allylic oxidation sites excluding steroid dienone is 1. The number of hydrogen-bond acceptors (Lipinski definition) is 5. The Hall–Kier alpha value is -2.15. The van der Waals surface area contributed by atoms with Crippen LogP contribution in [0, 0.1) is 0 Å². The summed E-state index contributed by atoms with van der Waals surface area (Å²) in [5, 5.41) is 4.34.